The first-order valence-electron chi connectivity index (χ1n) is 6.34. The van der Waals surface area contributed by atoms with Crippen LogP contribution in [0.3, 0.4) is 0 Å². The van der Waals surface area contributed by atoms with Crippen molar-refractivity contribution in [2.45, 2.75) is 6.42 Å². The van der Waals surface area contributed by atoms with Gasteiger partial charge in [0.2, 0.25) is 0 Å². The SMILES string of the molecule is CNCCCN(C)C(=O)c1cccc2nccnc12. The zero-order valence-corrected chi connectivity index (χ0v) is 11.3. The first kappa shape index (κ1) is 13.4. The molecular weight excluding hydrogens is 240 g/mol. The molecule has 0 aliphatic heterocycles. The van der Waals surface area contributed by atoms with Gasteiger partial charge in [-0.15, -0.1) is 0 Å². The Kier molecular flexibility index (Phi) is 4.41. The van der Waals surface area contributed by atoms with Gasteiger partial charge < -0.3 is 10.2 Å². The number of para-hydroxylation sites is 1. The molecule has 2 rings (SSSR count). The summed E-state index contributed by atoms with van der Waals surface area (Å²) in [7, 11) is 3.72. The number of amides is 1. The molecule has 2 aromatic rings. The second-order valence-electron chi connectivity index (χ2n) is 4.41. The number of carbonyl (C=O) groups excluding carboxylic acids is 1. The van der Waals surface area contributed by atoms with Crippen LogP contribution in [-0.2, 0) is 0 Å². The van der Waals surface area contributed by atoms with Crippen molar-refractivity contribution in [3.8, 4) is 0 Å². The van der Waals surface area contributed by atoms with E-state index in [0.717, 1.165) is 25.0 Å². The minimum Gasteiger partial charge on any atom is -0.342 e. The van der Waals surface area contributed by atoms with Crippen LogP contribution in [0.5, 0.6) is 0 Å². The molecular formula is C14H18N4O. The summed E-state index contributed by atoms with van der Waals surface area (Å²) in [5.41, 5.74) is 2.02. The molecule has 1 aromatic heterocycles. The van der Waals surface area contributed by atoms with Gasteiger partial charge in [0.25, 0.3) is 5.91 Å². The van der Waals surface area contributed by atoms with E-state index in [9.17, 15) is 4.79 Å². The van der Waals surface area contributed by atoms with Gasteiger partial charge in [-0.05, 0) is 32.1 Å². The van der Waals surface area contributed by atoms with Crippen molar-refractivity contribution in [3.05, 3.63) is 36.2 Å². The lowest BCUT2D eigenvalue weighted by Crippen LogP contribution is -2.29. The summed E-state index contributed by atoms with van der Waals surface area (Å²) >= 11 is 0. The van der Waals surface area contributed by atoms with Crippen molar-refractivity contribution in [1.82, 2.24) is 20.2 Å². The normalized spacial score (nSPS) is 10.6. The zero-order chi connectivity index (χ0) is 13.7. The third-order valence-corrected chi connectivity index (χ3v) is 3.00. The maximum absolute atomic E-state index is 12.4. The molecule has 1 heterocycles. The van der Waals surface area contributed by atoms with Crippen molar-refractivity contribution in [2.75, 3.05) is 27.2 Å². The molecule has 0 spiro atoms. The summed E-state index contributed by atoms with van der Waals surface area (Å²) in [5.74, 6) is -0.0118. The lowest BCUT2D eigenvalue weighted by Gasteiger charge is -2.17. The van der Waals surface area contributed by atoms with Gasteiger partial charge in [-0.3, -0.25) is 14.8 Å². The second-order valence-corrected chi connectivity index (χ2v) is 4.41. The molecule has 0 aliphatic rings. The molecule has 19 heavy (non-hydrogen) atoms. The van der Waals surface area contributed by atoms with E-state index < -0.39 is 0 Å². The Hall–Kier alpha value is -2.01. The van der Waals surface area contributed by atoms with E-state index in [2.05, 4.69) is 15.3 Å². The van der Waals surface area contributed by atoms with Crippen LogP contribution in [0.25, 0.3) is 11.0 Å². The van der Waals surface area contributed by atoms with Crippen LogP contribution in [0.2, 0.25) is 0 Å². The zero-order valence-electron chi connectivity index (χ0n) is 11.3. The number of benzene rings is 1. The fourth-order valence-electron chi connectivity index (χ4n) is 1.97. The van der Waals surface area contributed by atoms with Gasteiger partial charge in [-0.25, -0.2) is 0 Å². The van der Waals surface area contributed by atoms with Crippen LogP contribution in [0.15, 0.2) is 30.6 Å². The van der Waals surface area contributed by atoms with Crippen molar-refractivity contribution in [3.63, 3.8) is 0 Å². The number of nitrogens with zero attached hydrogens (tertiary/aromatic N) is 3. The Morgan fingerprint density at radius 2 is 2.11 bits per heavy atom. The largest absolute Gasteiger partial charge is 0.342 e. The van der Waals surface area contributed by atoms with Crippen LogP contribution in [-0.4, -0.2) is 48.0 Å². The molecule has 0 radical (unpaired) electrons. The first-order valence-corrected chi connectivity index (χ1v) is 6.34. The van der Waals surface area contributed by atoms with Crippen LogP contribution < -0.4 is 5.32 Å². The molecule has 1 N–H and O–H groups in total. The Morgan fingerprint density at radius 1 is 1.32 bits per heavy atom. The number of hydrogen-bond acceptors (Lipinski definition) is 4. The molecule has 0 saturated carbocycles. The van der Waals surface area contributed by atoms with Gasteiger partial charge in [-0.1, -0.05) is 6.07 Å². The number of rotatable bonds is 5. The van der Waals surface area contributed by atoms with E-state index in [4.69, 9.17) is 0 Å². The summed E-state index contributed by atoms with van der Waals surface area (Å²) in [6.45, 7) is 1.61. The Bertz CT molecular complexity index is 565. The number of hydrogen-bond donors (Lipinski definition) is 1. The molecule has 100 valence electrons. The highest BCUT2D eigenvalue weighted by atomic mass is 16.2. The summed E-state index contributed by atoms with van der Waals surface area (Å²) in [4.78, 5) is 22.6. The van der Waals surface area contributed by atoms with Gasteiger partial charge in [-0.2, -0.15) is 0 Å². The highest BCUT2D eigenvalue weighted by Gasteiger charge is 2.15. The number of carbonyl (C=O) groups is 1. The van der Waals surface area contributed by atoms with Crippen LogP contribution in [0.1, 0.15) is 16.8 Å². The van der Waals surface area contributed by atoms with Crippen molar-refractivity contribution in [2.24, 2.45) is 0 Å². The van der Waals surface area contributed by atoms with Gasteiger partial charge in [0.1, 0.15) is 5.52 Å². The summed E-state index contributed by atoms with van der Waals surface area (Å²) in [6, 6.07) is 5.50. The fourth-order valence-corrected chi connectivity index (χ4v) is 1.97. The van der Waals surface area contributed by atoms with Crippen molar-refractivity contribution in [1.29, 1.82) is 0 Å². The first-order chi connectivity index (χ1) is 9.24. The highest BCUT2D eigenvalue weighted by molar-refractivity contribution is 6.04. The van der Waals surface area contributed by atoms with Crippen molar-refractivity contribution >= 4 is 16.9 Å². The monoisotopic (exact) mass is 258 g/mol. The maximum atomic E-state index is 12.4. The maximum Gasteiger partial charge on any atom is 0.255 e. The topological polar surface area (TPSA) is 58.1 Å². The van der Waals surface area contributed by atoms with E-state index in [0.29, 0.717) is 11.1 Å². The average Bonchev–Trinajstić information content (AvgIpc) is 2.46. The van der Waals surface area contributed by atoms with Crippen LogP contribution in [0, 0.1) is 0 Å². The predicted octanol–water partition coefficient (Wildman–Crippen LogP) is 1.31. The molecule has 0 aliphatic carbocycles. The van der Waals surface area contributed by atoms with Gasteiger partial charge in [0, 0.05) is 26.0 Å². The summed E-state index contributed by atoms with van der Waals surface area (Å²) in [6.07, 6.45) is 4.17. The molecule has 0 unspecified atom stereocenters. The Labute approximate surface area is 112 Å². The molecule has 0 saturated heterocycles. The van der Waals surface area contributed by atoms with Crippen molar-refractivity contribution < 1.29 is 4.79 Å². The Balaban J connectivity index is 2.21. The van der Waals surface area contributed by atoms with E-state index >= 15 is 0 Å². The summed E-state index contributed by atoms with van der Waals surface area (Å²) < 4.78 is 0. The second kappa shape index (κ2) is 6.24. The number of nitrogens with one attached hydrogen (secondary N) is 1. The van der Waals surface area contributed by atoms with Gasteiger partial charge in [0.05, 0.1) is 11.1 Å². The Morgan fingerprint density at radius 3 is 2.89 bits per heavy atom. The lowest BCUT2D eigenvalue weighted by atomic mass is 10.1. The van der Waals surface area contributed by atoms with Gasteiger partial charge in [0.15, 0.2) is 0 Å². The standard InChI is InChI=1S/C14H18N4O/c1-15-7-4-10-18(2)14(19)11-5-3-6-12-13(11)17-9-8-16-12/h3,5-6,8-9,15H,4,7,10H2,1-2H3. The molecule has 1 aromatic carbocycles. The van der Waals surface area contributed by atoms with Crippen LogP contribution >= 0.6 is 0 Å². The predicted molar refractivity (Wildman–Crippen MR) is 75.0 cm³/mol. The van der Waals surface area contributed by atoms with E-state index in [-0.39, 0.29) is 5.91 Å². The third-order valence-electron chi connectivity index (χ3n) is 3.00. The number of fused-ring (bicyclic) bond motifs is 1. The third kappa shape index (κ3) is 3.06. The average molecular weight is 258 g/mol. The van der Waals surface area contributed by atoms with E-state index in [1.54, 1.807) is 23.4 Å². The molecule has 1 amide bonds. The van der Waals surface area contributed by atoms with Gasteiger partial charge >= 0.3 is 0 Å². The molecule has 5 heteroatoms. The number of aromatic nitrogens is 2. The lowest BCUT2D eigenvalue weighted by molar-refractivity contribution is 0.0795. The quantitative estimate of drug-likeness (QED) is 0.822. The molecule has 0 atom stereocenters. The van der Waals surface area contributed by atoms with E-state index in [1.165, 1.54) is 0 Å². The minimum absolute atomic E-state index is 0.0118. The molecule has 5 nitrogen and oxygen atoms in total. The van der Waals surface area contributed by atoms with E-state index in [1.807, 2.05) is 26.2 Å². The fraction of sp³-hybridized carbons (Fsp3) is 0.357. The molecule has 0 bridgehead atoms. The molecule has 0 fully saturated rings. The smallest absolute Gasteiger partial charge is 0.255 e. The summed E-state index contributed by atoms with van der Waals surface area (Å²) in [5, 5.41) is 3.07. The highest BCUT2D eigenvalue weighted by Crippen LogP contribution is 2.15. The minimum atomic E-state index is -0.0118. The van der Waals surface area contributed by atoms with Crippen LogP contribution in [0.4, 0.5) is 0 Å².